The fraction of sp³-hybridized carbons (Fsp3) is 0.846. The highest BCUT2D eigenvalue weighted by Crippen LogP contribution is 2.25. The summed E-state index contributed by atoms with van der Waals surface area (Å²) in [4.78, 5) is 4.38. The molecule has 0 amide bonds. The first-order valence-electron chi connectivity index (χ1n) is 6.43. The summed E-state index contributed by atoms with van der Waals surface area (Å²) in [6.45, 7) is 12.7. The van der Waals surface area contributed by atoms with Gasteiger partial charge in [-0.1, -0.05) is 39.8 Å². The average molecular weight is 239 g/mol. The van der Waals surface area contributed by atoms with Crippen LogP contribution in [0.15, 0.2) is 4.52 Å². The molecule has 0 fully saturated rings. The van der Waals surface area contributed by atoms with Gasteiger partial charge in [-0.05, 0) is 24.3 Å². The lowest BCUT2D eigenvalue weighted by atomic mass is 9.84. The van der Waals surface area contributed by atoms with E-state index in [1.54, 1.807) is 0 Å². The Morgan fingerprint density at radius 1 is 1.35 bits per heavy atom. The minimum Gasteiger partial charge on any atom is -0.339 e. The van der Waals surface area contributed by atoms with Gasteiger partial charge in [0.15, 0.2) is 5.82 Å². The number of nitrogens with one attached hydrogen (secondary N) is 1. The summed E-state index contributed by atoms with van der Waals surface area (Å²) in [5.41, 5.74) is 0.353. The molecule has 1 rings (SSSR count). The van der Waals surface area contributed by atoms with Crippen LogP contribution >= 0.6 is 0 Å². The highest BCUT2D eigenvalue weighted by Gasteiger charge is 2.17. The summed E-state index contributed by atoms with van der Waals surface area (Å²) in [6, 6.07) is 0. The molecule has 0 saturated heterocycles. The van der Waals surface area contributed by atoms with Crippen molar-refractivity contribution >= 4 is 0 Å². The average Bonchev–Trinajstić information content (AvgIpc) is 2.59. The number of rotatable bonds is 6. The molecule has 1 unspecified atom stereocenters. The van der Waals surface area contributed by atoms with E-state index in [0.29, 0.717) is 17.9 Å². The van der Waals surface area contributed by atoms with Crippen molar-refractivity contribution in [1.82, 2.24) is 15.5 Å². The van der Waals surface area contributed by atoms with Crippen molar-refractivity contribution in [1.29, 1.82) is 0 Å². The Bertz CT molecular complexity index is 328. The Hall–Kier alpha value is -0.900. The van der Waals surface area contributed by atoms with Crippen molar-refractivity contribution in [2.75, 3.05) is 6.54 Å². The predicted molar refractivity (Wildman–Crippen MR) is 68.6 cm³/mol. The van der Waals surface area contributed by atoms with Crippen LogP contribution in [0.1, 0.15) is 52.8 Å². The van der Waals surface area contributed by atoms with E-state index in [-0.39, 0.29) is 0 Å². The van der Waals surface area contributed by atoms with Crippen LogP contribution in [0, 0.1) is 11.3 Å². The third-order valence-electron chi connectivity index (χ3n) is 2.53. The second-order valence-corrected chi connectivity index (χ2v) is 5.96. The zero-order valence-electron chi connectivity index (χ0n) is 11.7. The molecule has 17 heavy (non-hydrogen) atoms. The minimum atomic E-state index is 0.353. The number of aromatic nitrogens is 2. The van der Waals surface area contributed by atoms with Crippen molar-refractivity contribution < 1.29 is 4.52 Å². The van der Waals surface area contributed by atoms with Gasteiger partial charge >= 0.3 is 0 Å². The van der Waals surface area contributed by atoms with E-state index >= 15 is 0 Å². The largest absolute Gasteiger partial charge is 0.339 e. The normalized spacial score (nSPS) is 13.9. The van der Waals surface area contributed by atoms with Gasteiger partial charge in [0.1, 0.15) is 0 Å². The maximum absolute atomic E-state index is 5.25. The lowest BCUT2D eigenvalue weighted by molar-refractivity contribution is 0.282. The van der Waals surface area contributed by atoms with Gasteiger partial charge in [-0.2, -0.15) is 4.98 Å². The monoisotopic (exact) mass is 239 g/mol. The van der Waals surface area contributed by atoms with Crippen LogP contribution in [0.3, 0.4) is 0 Å². The highest BCUT2D eigenvalue weighted by atomic mass is 16.5. The maximum atomic E-state index is 5.25. The first kappa shape index (κ1) is 14.2. The van der Waals surface area contributed by atoms with E-state index in [4.69, 9.17) is 4.52 Å². The zero-order chi connectivity index (χ0) is 12.9. The fourth-order valence-electron chi connectivity index (χ4n) is 2.10. The molecule has 1 aromatic heterocycles. The molecular weight excluding hydrogens is 214 g/mol. The molecule has 1 heterocycles. The first-order chi connectivity index (χ1) is 7.90. The summed E-state index contributed by atoms with van der Waals surface area (Å²) in [5, 5.41) is 7.14. The van der Waals surface area contributed by atoms with Crippen LogP contribution in [0.5, 0.6) is 0 Å². The molecule has 1 aromatic rings. The van der Waals surface area contributed by atoms with E-state index < -0.39 is 0 Å². The smallest absolute Gasteiger partial charge is 0.226 e. The third-order valence-corrected chi connectivity index (χ3v) is 2.53. The lowest BCUT2D eigenvalue weighted by Crippen LogP contribution is -2.14. The Morgan fingerprint density at radius 3 is 2.65 bits per heavy atom. The van der Waals surface area contributed by atoms with Crippen LogP contribution in [0.4, 0.5) is 0 Å². The molecule has 0 spiro atoms. The third kappa shape index (κ3) is 5.82. The molecule has 0 aromatic carbocycles. The fourth-order valence-corrected chi connectivity index (χ4v) is 2.10. The van der Waals surface area contributed by atoms with Crippen LogP contribution in [-0.4, -0.2) is 16.7 Å². The molecular formula is C13H25N3O. The summed E-state index contributed by atoms with van der Waals surface area (Å²) in [7, 11) is 0. The van der Waals surface area contributed by atoms with Crippen molar-refractivity contribution in [3.05, 3.63) is 11.7 Å². The molecule has 0 saturated carbocycles. The molecule has 0 aliphatic heterocycles. The SMILES string of the molecule is CCNCc1noc(CC(C)CC(C)(C)C)n1. The molecule has 4 nitrogen and oxygen atoms in total. The van der Waals surface area contributed by atoms with Gasteiger partial charge in [0.25, 0.3) is 0 Å². The van der Waals surface area contributed by atoms with E-state index in [9.17, 15) is 0 Å². The minimum absolute atomic E-state index is 0.353. The van der Waals surface area contributed by atoms with Gasteiger partial charge in [0, 0.05) is 6.42 Å². The first-order valence-corrected chi connectivity index (χ1v) is 6.43. The number of hydrogen-bond donors (Lipinski definition) is 1. The molecule has 0 bridgehead atoms. The summed E-state index contributed by atoms with van der Waals surface area (Å²) >= 11 is 0. The molecule has 1 atom stereocenters. The van der Waals surface area contributed by atoms with Gasteiger partial charge in [-0.25, -0.2) is 0 Å². The number of nitrogens with zero attached hydrogens (tertiary/aromatic N) is 2. The Kier molecular flexibility index (Phi) is 5.12. The van der Waals surface area contributed by atoms with Gasteiger partial charge < -0.3 is 9.84 Å². The van der Waals surface area contributed by atoms with Gasteiger partial charge in [-0.15, -0.1) is 0 Å². The Balaban J connectivity index is 2.43. The molecule has 0 radical (unpaired) electrons. The summed E-state index contributed by atoms with van der Waals surface area (Å²) < 4.78 is 5.25. The van der Waals surface area contributed by atoms with Crippen LogP contribution in [0.2, 0.25) is 0 Å². The van der Waals surface area contributed by atoms with E-state index in [1.165, 1.54) is 0 Å². The van der Waals surface area contributed by atoms with Gasteiger partial charge in [0.2, 0.25) is 5.89 Å². The Labute approximate surface area is 104 Å². The number of hydrogen-bond acceptors (Lipinski definition) is 4. The van der Waals surface area contributed by atoms with E-state index in [2.05, 4.69) is 50.1 Å². The highest BCUT2D eigenvalue weighted by molar-refractivity contribution is 4.87. The molecule has 1 N–H and O–H groups in total. The van der Waals surface area contributed by atoms with Crippen LogP contribution < -0.4 is 5.32 Å². The second-order valence-electron chi connectivity index (χ2n) is 5.96. The van der Waals surface area contributed by atoms with E-state index in [0.717, 1.165) is 31.1 Å². The van der Waals surface area contributed by atoms with Crippen molar-refractivity contribution in [2.45, 2.75) is 54.0 Å². The summed E-state index contributed by atoms with van der Waals surface area (Å²) in [5.74, 6) is 2.09. The predicted octanol–water partition coefficient (Wildman–Crippen LogP) is 2.79. The van der Waals surface area contributed by atoms with Crippen molar-refractivity contribution in [3.63, 3.8) is 0 Å². The van der Waals surface area contributed by atoms with Crippen LogP contribution in [-0.2, 0) is 13.0 Å². The maximum Gasteiger partial charge on any atom is 0.226 e. The standard InChI is InChI=1S/C13H25N3O/c1-6-14-9-11-15-12(17-16-11)7-10(2)8-13(3,4)5/h10,14H,6-9H2,1-5H3. The van der Waals surface area contributed by atoms with Gasteiger partial charge in [-0.3, -0.25) is 0 Å². The second kappa shape index (κ2) is 6.15. The molecule has 0 aliphatic carbocycles. The van der Waals surface area contributed by atoms with Crippen molar-refractivity contribution in [2.24, 2.45) is 11.3 Å². The van der Waals surface area contributed by atoms with Crippen molar-refractivity contribution in [3.8, 4) is 0 Å². The zero-order valence-corrected chi connectivity index (χ0v) is 11.7. The topological polar surface area (TPSA) is 51.0 Å². The Morgan fingerprint density at radius 2 is 2.06 bits per heavy atom. The van der Waals surface area contributed by atoms with Gasteiger partial charge in [0.05, 0.1) is 6.54 Å². The molecule has 4 heteroatoms. The molecule has 0 aliphatic rings. The van der Waals surface area contributed by atoms with Crippen LogP contribution in [0.25, 0.3) is 0 Å². The molecule has 98 valence electrons. The quantitative estimate of drug-likeness (QED) is 0.829. The summed E-state index contributed by atoms with van der Waals surface area (Å²) in [6.07, 6.45) is 2.04. The lowest BCUT2D eigenvalue weighted by Gasteiger charge is -2.22. The van der Waals surface area contributed by atoms with E-state index in [1.807, 2.05) is 0 Å².